The smallest absolute Gasteiger partial charge is 0.451 e. The third-order valence-electron chi connectivity index (χ3n) is 9.46. The molecule has 0 amide bonds. The number of hydrazone groups is 1. The lowest BCUT2D eigenvalue weighted by atomic mass is 9.69. The summed E-state index contributed by atoms with van der Waals surface area (Å²) in [6, 6.07) is 6.20. The Kier molecular flexibility index (Phi) is 8.05. The Morgan fingerprint density at radius 1 is 1.11 bits per heavy atom. The van der Waals surface area contributed by atoms with Gasteiger partial charge in [0, 0.05) is 62.6 Å². The van der Waals surface area contributed by atoms with Crippen LogP contribution in [0.4, 0.5) is 13.2 Å². The molecule has 1 aliphatic carbocycles. The lowest BCUT2D eigenvalue weighted by molar-refractivity contribution is -0.145. The van der Waals surface area contributed by atoms with Crippen molar-refractivity contribution >= 4 is 17.2 Å². The molecule has 6 heterocycles. The van der Waals surface area contributed by atoms with Gasteiger partial charge in [-0.1, -0.05) is 0 Å². The number of nitrogens with one attached hydrogen (secondary N) is 1. The van der Waals surface area contributed by atoms with E-state index in [0.29, 0.717) is 63.8 Å². The summed E-state index contributed by atoms with van der Waals surface area (Å²) in [7, 11) is 0. The minimum atomic E-state index is -4.66. The topological polar surface area (TPSA) is 132 Å². The molecule has 0 bridgehead atoms. The molecule has 238 valence electrons. The van der Waals surface area contributed by atoms with Gasteiger partial charge in [0.2, 0.25) is 11.7 Å². The minimum absolute atomic E-state index is 0.0165. The molecule has 3 fully saturated rings. The van der Waals surface area contributed by atoms with Crippen molar-refractivity contribution in [1.82, 2.24) is 39.7 Å². The molecular formula is C30H35F3N10O2. The van der Waals surface area contributed by atoms with Crippen LogP contribution in [0.25, 0.3) is 11.0 Å². The van der Waals surface area contributed by atoms with E-state index in [1.165, 1.54) is 6.07 Å². The van der Waals surface area contributed by atoms with Crippen molar-refractivity contribution < 1.29 is 22.6 Å². The average molecular weight is 625 g/mol. The second-order valence-corrected chi connectivity index (χ2v) is 12.3. The number of rotatable bonds is 8. The van der Waals surface area contributed by atoms with Gasteiger partial charge in [0.05, 0.1) is 55.1 Å². The molecule has 1 unspecified atom stereocenters. The lowest BCUT2D eigenvalue weighted by Gasteiger charge is -2.55. The number of hydrogen-bond acceptors (Lipinski definition) is 11. The Balaban J connectivity index is 0.951. The fourth-order valence-electron chi connectivity index (χ4n) is 7.03. The van der Waals surface area contributed by atoms with Crippen LogP contribution in [0.3, 0.4) is 0 Å². The quantitative estimate of drug-likeness (QED) is 0.398. The molecule has 1 N–H and O–H groups in total. The summed E-state index contributed by atoms with van der Waals surface area (Å²) in [4.78, 5) is 23.9. The van der Waals surface area contributed by atoms with Gasteiger partial charge in [0.15, 0.2) is 0 Å². The molecule has 12 nitrogen and oxygen atoms in total. The second kappa shape index (κ2) is 12.1. The van der Waals surface area contributed by atoms with E-state index in [9.17, 15) is 18.4 Å². The molecule has 3 aromatic rings. The van der Waals surface area contributed by atoms with Crippen LogP contribution in [-0.4, -0.2) is 110 Å². The van der Waals surface area contributed by atoms with Crippen LogP contribution in [0.1, 0.15) is 55.2 Å². The third-order valence-corrected chi connectivity index (χ3v) is 9.46. The van der Waals surface area contributed by atoms with E-state index in [2.05, 4.69) is 40.9 Å². The highest BCUT2D eigenvalue weighted by Crippen LogP contribution is 2.46. The first-order valence-corrected chi connectivity index (χ1v) is 15.4. The van der Waals surface area contributed by atoms with Gasteiger partial charge < -0.3 is 14.5 Å². The number of nitrogens with zero attached hydrogens (tertiary/aromatic N) is 9. The van der Waals surface area contributed by atoms with Crippen molar-refractivity contribution in [2.24, 2.45) is 5.10 Å². The summed E-state index contributed by atoms with van der Waals surface area (Å²) in [6.45, 7) is 4.83. The first-order valence-electron chi connectivity index (χ1n) is 15.4. The largest absolute Gasteiger partial charge is 0.474 e. The number of alkyl halides is 3. The number of fused-ring (bicyclic) bond motifs is 1. The standard InChI is InChI=1S/C30H35F3N10O2/c31-30(32,33)28-39-21(18-41-9-11-44-12-10-41)13-25(40-28)45-23-2-7-42(8-3-23)22-14-29(15-22,4-5-34)43-17-20(16-38-43)26-24-1-6-35-27(24)37-19-36-26/h1,6,13,16,19-20,22-23H,2-4,7-12,14-15,17-18H2,(H,35,36,37)/t20?,22-,29-. The number of hydrogen-bond donors (Lipinski definition) is 1. The van der Waals surface area contributed by atoms with E-state index in [1.54, 1.807) is 6.33 Å². The van der Waals surface area contributed by atoms with Crippen LogP contribution in [0.15, 0.2) is 29.8 Å². The predicted octanol–water partition coefficient (Wildman–Crippen LogP) is 3.34. The zero-order valence-electron chi connectivity index (χ0n) is 24.8. The number of nitriles is 1. The molecule has 3 aromatic heterocycles. The van der Waals surface area contributed by atoms with E-state index in [1.807, 2.05) is 23.4 Å². The minimum Gasteiger partial charge on any atom is -0.474 e. The Morgan fingerprint density at radius 3 is 2.67 bits per heavy atom. The van der Waals surface area contributed by atoms with Crippen LogP contribution in [-0.2, 0) is 17.5 Å². The van der Waals surface area contributed by atoms with Crippen LogP contribution >= 0.6 is 0 Å². The molecular weight excluding hydrogens is 589 g/mol. The molecule has 45 heavy (non-hydrogen) atoms. The first-order chi connectivity index (χ1) is 21.8. The van der Waals surface area contributed by atoms with Gasteiger partial charge >= 0.3 is 6.18 Å². The van der Waals surface area contributed by atoms with Gasteiger partial charge in [-0.25, -0.2) is 15.0 Å². The zero-order valence-corrected chi connectivity index (χ0v) is 24.8. The maximum atomic E-state index is 13.6. The highest BCUT2D eigenvalue weighted by Gasteiger charge is 2.52. The number of ether oxygens (including phenoxy) is 2. The van der Waals surface area contributed by atoms with Crippen LogP contribution in [0.5, 0.6) is 5.88 Å². The maximum Gasteiger partial charge on any atom is 0.451 e. The van der Waals surface area contributed by atoms with Gasteiger partial charge in [0.1, 0.15) is 18.1 Å². The van der Waals surface area contributed by atoms with Gasteiger partial charge in [-0.15, -0.1) is 0 Å². The molecule has 3 aliphatic heterocycles. The summed E-state index contributed by atoms with van der Waals surface area (Å²) in [5.41, 5.74) is 1.69. The van der Waals surface area contributed by atoms with Gasteiger partial charge in [-0.05, 0) is 31.7 Å². The van der Waals surface area contributed by atoms with Crippen LogP contribution in [0, 0.1) is 11.3 Å². The Hall–Kier alpha value is -3.87. The summed E-state index contributed by atoms with van der Waals surface area (Å²) < 4.78 is 52.2. The normalized spacial score (nSPS) is 26.7. The molecule has 7 rings (SSSR count). The predicted molar refractivity (Wildman–Crippen MR) is 156 cm³/mol. The third kappa shape index (κ3) is 6.18. The second-order valence-electron chi connectivity index (χ2n) is 12.3. The van der Waals surface area contributed by atoms with Crippen molar-refractivity contribution in [3.63, 3.8) is 0 Å². The van der Waals surface area contributed by atoms with E-state index in [4.69, 9.17) is 14.6 Å². The van der Waals surface area contributed by atoms with E-state index >= 15 is 0 Å². The number of aromatic nitrogens is 5. The Bertz CT molecular complexity index is 1570. The maximum absolute atomic E-state index is 13.6. The molecule has 4 aliphatic rings. The lowest BCUT2D eigenvalue weighted by Crippen LogP contribution is -2.63. The van der Waals surface area contributed by atoms with Gasteiger partial charge in [-0.2, -0.15) is 28.5 Å². The van der Waals surface area contributed by atoms with Crippen molar-refractivity contribution in [2.75, 3.05) is 45.9 Å². The molecule has 1 atom stereocenters. The molecule has 1 saturated carbocycles. The van der Waals surface area contributed by atoms with E-state index < -0.39 is 12.0 Å². The highest BCUT2D eigenvalue weighted by atomic mass is 19.4. The number of halogens is 3. The zero-order chi connectivity index (χ0) is 31.0. The molecule has 15 heteroatoms. The van der Waals surface area contributed by atoms with Crippen molar-refractivity contribution in [3.05, 3.63) is 41.9 Å². The number of piperidine rings is 1. The fourth-order valence-corrected chi connectivity index (χ4v) is 7.03. The van der Waals surface area contributed by atoms with Crippen molar-refractivity contribution in [1.29, 1.82) is 5.26 Å². The molecule has 0 aromatic carbocycles. The summed E-state index contributed by atoms with van der Waals surface area (Å²) in [6.07, 6.45) is 3.83. The Morgan fingerprint density at radius 2 is 1.91 bits per heavy atom. The number of morpholine rings is 1. The van der Waals surface area contributed by atoms with E-state index in [-0.39, 0.29) is 30.0 Å². The first kappa shape index (κ1) is 29.8. The molecule has 0 spiro atoms. The summed E-state index contributed by atoms with van der Waals surface area (Å²) >= 11 is 0. The summed E-state index contributed by atoms with van der Waals surface area (Å²) in [5.74, 6) is -1.19. The van der Waals surface area contributed by atoms with Crippen LogP contribution < -0.4 is 4.74 Å². The van der Waals surface area contributed by atoms with Crippen LogP contribution in [0.2, 0.25) is 0 Å². The monoisotopic (exact) mass is 624 g/mol. The molecule has 2 saturated heterocycles. The number of aromatic amines is 1. The average Bonchev–Trinajstić information content (AvgIpc) is 3.70. The SMILES string of the molecule is N#CC[C@]1(N2CC(c3ncnc4[nH]ccc34)C=N2)C[C@H](N2CCC(Oc3cc(CN4CCOCC4)nc(C(F)(F)F)n3)CC2)C1. The highest BCUT2D eigenvalue weighted by molar-refractivity contribution is 5.83. The molecule has 0 radical (unpaired) electrons. The van der Waals surface area contributed by atoms with Crippen molar-refractivity contribution in [3.8, 4) is 11.9 Å². The fraction of sp³-hybridized carbons (Fsp3) is 0.600. The van der Waals surface area contributed by atoms with E-state index in [0.717, 1.165) is 42.7 Å². The van der Waals surface area contributed by atoms with Crippen molar-refractivity contribution in [2.45, 2.75) is 68.4 Å². The van der Waals surface area contributed by atoms with Gasteiger partial charge in [-0.3, -0.25) is 14.8 Å². The summed E-state index contributed by atoms with van der Waals surface area (Å²) in [5, 5.41) is 17.5. The number of likely N-dealkylation sites (tertiary alicyclic amines) is 1. The Labute approximate surface area is 258 Å². The number of H-pyrrole nitrogens is 1. The van der Waals surface area contributed by atoms with Gasteiger partial charge in [0.25, 0.3) is 0 Å².